The molecule has 36 heavy (non-hydrogen) atoms. The van der Waals surface area contributed by atoms with Crippen molar-refractivity contribution >= 4 is 17.9 Å². The van der Waals surface area contributed by atoms with Crippen LogP contribution in [-0.2, 0) is 20.9 Å². The first-order chi connectivity index (χ1) is 17.4. The lowest BCUT2D eigenvalue weighted by atomic mass is 9.79. The van der Waals surface area contributed by atoms with E-state index in [0.717, 1.165) is 69.5 Å². The molecule has 4 saturated heterocycles. The fourth-order valence-corrected chi connectivity index (χ4v) is 5.82. The number of hydrogen-bond donors (Lipinski definition) is 1. The SMILES string of the molecule is CC(=O)N1CC(C2CCN(C(=O)OCc3ccccc3)CC2)C1.CC(=O)N1CC(C2CCNCC2)C1. The van der Waals surface area contributed by atoms with Gasteiger partial charge in [0.2, 0.25) is 11.8 Å². The number of rotatable bonds is 4. The minimum absolute atomic E-state index is 0.170. The molecule has 0 radical (unpaired) electrons. The molecule has 8 nitrogen and oxygen atoms in total. The Hall–Kier alpha value is -2.61. The lowest BCUT2D eigenvalue weighted by molar-refractivity contribution is -0.137. The zero-order chi connectivity index (χ0) is 25.5. The van der Waals surface area contributed by atoms with Crippen molar-refractivity contribution in [3.63, 3.8) is 0 Å². The van der Waals surface area contributed by atoms with Crippen LogP contribution >= 0.6 is 0 Å². The van der Waals surface area contributed by atoms with Crippen molar-refractivity contribution in [2.75, 3.05) is 52.4 Å². The van der Waals surface area contributed by atoms with Crippen molar-refractivity contribution in [3.05, 3.63) is 35.9 Å². The number of nitrogens with zero attached hydrogens (tertiary/aromatic N) is 3. The van der Waals surface area contributed by atoms with E-state index in [0.29, 0.717) is 18.4 Å². The van der Waals surface area contributed by atoms with E-state index in [2.05, 4.69) is 5.32 Å². The van der Waals surface area contributed by atoms with E-state index in [1.54, 1.807) is 18.7 Å². The van der Waals surface area contributed by atoms with Crippen molar-refractivity contribution in [2.24, 2.45) is 23.7 Å². The number of carbonyl (C=O) groups is 3. The van der Waals surface area contributed by atoms with Gasteiger partial charge >= 0.3 is 6.09 Å². The molecule has 0 spiro atoms. The second kappa shape index (κ2) is 12.6. The number of hydrogen-bond acceptors (Lipinski definition) is 5. The van der Waals surface area contributed by atoms with Gasteiger partial charge in [0.05, 0.1) is 0 Å². The predicted octanol–water partition coefficient (Wildman–Crippen LogP) is 2.98. The fraction of sp³-hybridized carbons (Fsp3) is 0.679. The number of amides is 3. The van der Waals surface area contributed by atoms with Crippen molar-refractivity contribution in [1.82, 2.24) is 20.0 Å². The Morgan fingerprint density at radius 3 is 1.75 bits per heavy atom. The Morgan fingerprint density at radius 1 is 0.750 bits per heavy atom. The third kappa shape index (κ3) is 6.99. The molecular weight excluding hydrogens is 456 g/mol. The summed E-state index contributed by atoms with van der Waals surface area (Å²) in [5.74, 6) is 3.32. The first-order valence-electron chi connectivity index (χ1n) is 13.6. The van der Waals surface area contributed by atoms with Crippen LogP contribution in [0.5, 0.6) is 0 Å². The molecule has 1 aromatic rings. The standard InChI is InChI=1S/C18H24N2O3.C10H18N2O/c1-14(21)20-11-17(12-20)16-7-9-19(10-8-16)18(22)23-13-15-5-3-2-4-6-15;1-8(13)12-6-10(7-12)9-2-4-11-5-3-9/h2-6,16-17H,7-13H2,1H3;9-11H,2-7H2,1H3. The second-order valence-corrected chi connectivity index (χ2v) is 10.8. The Bertz CT molecular complexity index is 869. The van der Waals surface area contributed by atoms with E-state index >= 15 is 0 Å². The van der Waals surface area contributed by atoms with Crippen LogP contribution in [0.15, 0.2) is 30.3 Å². The number of piperidine rings is 2. The fourth-order valence-electron chi connectivity index (χ4n) is 5.82. The van der Waals surface area contributed by atoms with Gasteiger partial charge in [-0.25, -0.2) is 4.79 Å². The van der Waals surface area contributed by atoms with Crippen molar-refractivity contribution in [2.45, 2.75) is 46.1 Å². The molecule has 198 valence electrons. The van der Waals surface area contributed by atoms with Crippen LogP contribution in [0.2, 0.25) is 0 Å². The highest BCUT2D eigenvalue weighted by atomic mass is 16.6. The number of benzene rings is 1. The third-order valence-corrected chi connectivity index (χ3v) is 8.43. The predicted molar refractivity (Wildman–Crippen MR) is 138 cm³/mol. The lowest BCUT2D eigenvalue weighted by Crippen LogP contribution is -2.54. The van der Waals surface area contributed by atoms with Crippen LogP contribution < -0.4 is 5.32 Å². The summed E-state index contributed by atoms with van der Waals surface area (Å²) in [6, 6.07) is 9.74. The first-order valence-corrected chi connectivity index (χ1v) is 13.6. The van der Waals surface area contributed by atoms with Crippen molar-refractivity contribution < 1.29 is 19.1 Å². The molecule has 0 bridgehead atoms. The number of nitrogens with one attached hydrogen (secondary N) is 1. The van der Waals surface area contributed by atoms with E-state index < -0.39 is 0 Å². The highest BCUT2D eigenvalue weighted by Gasteiger charge is 2.37. The van der Waals surface area contributed by atoms with Crippen LogP contribution in [0, 0.1) is 23.7 Å². The average molecular weight is 499 g/mol. The molecule has 0 unspecified atom stereocenters. The molecule has 4 fully saturated rings. The summed E-state index contributed by atoms with van der Waals surface area (Å²) in [4.78, 5) is 40.0. The normalized spacial score (nSPS) is 21.7. The molecule has 4 aliphatic heterocycles. The summed E-state index contributed by atoms with van der Waals surface area (Å²) in [5.41, 5.74) is 1.01. The van der Waals surface area contributed by atoms with Crippen LogP contribution in [0.3, 0.4) is 0 Å². The van der Waals surface area contributed by atoms with Gasteiger partial charge in [-0.1, -0.05) is 30.3 Å². The number of ether oxygens (including phenoxy) is 1. The van der Waals surface area contributed by atoms with Crippen LogP contribution in [0.1, 0.15) is 45.1 Å². The number of likely N-dealkylation sites (tertiary alicyclic amines) is 3. The van der Waals surface area contributed by atoms with Crippen molar-refractivity contribution in [3.8, 4) is 0 Å². The van der Waals surface area contributed by atoms with E-state index in [4.69, 9.17) is 4.74 Å². The van der Waals surface area contributed by atoms with Gasteiger partial charge in [-0.05, 0) is 68.0 Å². The van der Waals surface area contributed by atoms with Gasteiger partial charge in [0.25, 0.3) is 0 Å². The van der Waals surface area contributed by atoms with Gasteiger partial charge in [0, 0.05) is 53.1 Å². The molecule has 4 heterocycles. The van der Waals surface area contributed by atoms with E-state index in [9.17, 15) is 14.4 Å². The summed E-state index contributed by atoms with van der Waals surface area (Å²) in [5, 5.41) is 3.37. The summed E-state index contributed by atoms with van der Waals surface area (Å²) in [6.45, 7) is 11.3. The molecular formula is C28H42N4O4. The van der Waals surface area contributed by atoms with Crippen LogP contribution in [-0.4, -0.2) is 85.0 Å². The average Bonchev–Trinajstić information content (AvgIpc) is 2.82. The lowest BCUT2D eigenvalue weighted by Gasteiger charge is -2.45. The largest absolute Gasteiger partial charge is 0.445 e. The van der Waals surface area contributed by atoms with Crippen molar-refractivity contribution in [1.29, 1.82) is 0 Å². The van der Waals surface area contributed by atoms with E-state index in [-0.39, 0.29) is 17.9 Å². The molecule has 3 amide bonds. The first kappa shape index (κ1) is 26.5. The van der Waals surface area contributed by atoms with Gasteiger partial charge in [-0.2, -0.15) is 0 Å². The van der Waals surface area contributed by atoms with Crippen LogP contribution in [0.25, 0.3) is 0 Å². The van der Waals surface area contributed by atoms with Gasteiger partial charge in [-0.15, -0.1) is 0 Å². The minimum Gasteiger partial charge on any atom is -0.445 e. The molecule has 0 saturated carbocycles. The molecule has 0 atom stereocenters. The highest BCUT2D eigenvalue weighted by molar-refractivity contribution is 5.74. The van der Waals surface area contributed by atoms with Gasteiger partial charge in [0.1, 0.15) is 6.61 Å². The van der Waals surface area contributed by atoms with Crippen LogP contribution in [0.4, 0.5) is 4.79 Å². The number of carbonyl (C=O) groups excluding carboxylic acids is 3. The summed E-state index contributed by atoms with van der Waals surface area (Å²) in [7, 11) is 0. The molecule has 1 N–H and O–H groups in total. The zero-order valence-corrected chi connectivity index (χ0v) is 21.9. The van der Waals surface area contributed by atoms with Gasteiger partial charge in [0.15, 0.2) is 0 Å². The maximum atomic E-state index is 12.1. The third-order valence-electron chi connectivity index (χ3n) is 8.43. The Morgan fingerprint density at radius 2 is 1.25 bits per heavy atom. The van der Waals surface area contributed by atoms with Gasteiger partial charge < -0.3 is 24.8 Å². The Labute approximate surface area is 215 Å². The molecule has 4 aliphatic rings. The Kier molecular flexibility index (Phi) is 9.24. The van der Waals surface area contributed by atoms with E-state index in [1.807, 2.05) is 40.1 Å². The smallest absolute Gasteiger partial charge is 0.410 e. The minimum atomic E-state index is -0.216. The maximum Gasteiger partial charge on any atom is 0.410 e. The quantitative estimate of drug-likeness (QED) is 0.690. The molecule has 8 heteroatoms. The highest BCUT2D eigenvalue weighted by Crippen LogP contribution is 2.32. The topological polar surface area (TPSA) is 82.2 Å². The second-order valence-electron chi connectivity index (χ2n) is 10.8. The monoisotopic (exact) mass is 498 g/mol. The molecule has 5 rings (SSSR count). The summed E-state index contributed by atoms with van der Waals surface area (Å²) in [6.07, 6.45) is 4.41. The Balaban J connectivity index is 0.000000197. The van der Waals surface area contributed by atoms with E-state index in [1.165, 1.54) is 25.9 Å². The molecule has 0 aliphatic carbocycles. The van der Waals surface area contributed by atoms with Gasteiger partial charge in [-0.3, -0.25) is 9.59 Å². The zero-order valence-electron chi connectivity index (χ0n) is 21.9. The molecule has 1 aromatic carbocycles. The maximum absolute atomic E-state index is 12.1. The summed E-state index contributed by atoms with van der Waals surface area (Å²) < 4.78 is 5.39. The summed E-state index contributed by atoms with van der Waals surface area (Å²) >= 11 is 0. The molecule has 0 aromatic heterocycles.